The molecule has 1 aliphatic carbocycles. The third-order valence-electron chi connectivity index (χ3n) is 3.99. The molecule has 2 aromatic heterocycles. The van der Waals surface area contributed by atoms with Crippen LogP contribution in [0.1, 0.15) is 53.3 Å². The summed E-state index contributed by atoms with van der Waals surface area (Å²) in [5.74, 6) is 0.597. The normalized spacial score (nSPS) is 14.0. The van der Waals surface area contributed by atoms with Crippen LogP contribution in [0.25, 0.3) is 0 Å². The van der Waals surface area contributed by atoms with Gasteiger partial charge in [0.2, 0.25) is 0 Å². The molecule has 1 N–H and O–H groups in total. The van der Waals surface area contributed by atoms with Gasteiger partial charge in [0, 0.05) is 12.6 Å². The van der Waals surface area contributed by atoms with E-state index in [2.05, 4.69) is 19.2 Å². The molecule has 0 unspecified atom stereocenters. The van der Waals surface area contributed by atoms with E-state index in [4.69, 9.17) is 4.42 Å². The van der Waals surface area contributed by atoms with Crippen LogP contribution in [0.4, 0.5) is 5.00 Å². The van der Waals surface area contributed by atoms with E-state index < -0.39 is 0 Å². The third kappa shape index (κ3) is 4.06. The maximum Gasteiger partial charge on any atom is 0.291 e. The zero-order chi connectivity index (χ0) is 17.1. The number of carbonyl (C=O) groups is 2. The average molecular weight is 346 g/mol. The van der Waals surface area contributed by atoms with Gasteiger partial charge in [-0.1, -0.05) is 13.8 Å². The number of furan rings is 1. The fraction of sp³-hybridized carbons (Fsp3) is 0.444. The van der Waals surface area contributed by atoms with Crippen molar-refractivity contribution < 1.29 is 14.0 Å². The number of nitrogens with zero attached hydrogens (tertiary/aromatic N) is 1. The molecule has 2 amide bonds. The van der Waals surface area contributed by atoms with Crippen molar-refractivity contribution in [3.63, 3.8) is 0 Å². The first-order chi connectivity index (χ1) is 11.5. The second-order valence-electron chi connectivity index (χ2n) is 6.51. The molecule has 0 spiro atoms. The van der Waals surface area contributed by atoms with Gasteiger partial charge in [-0.2, -0.15) is 0 Å². The first-order valence-electron chi connectivity index (χ1n) is 8.30. The van der Waals surface area contributed by atoms with Crippen LogP contribution in [-0.2, 0) is 0 Å². The van der Waals surface area contributed by atoms with Gasteiger partial charge in [-0.3, -0.25) is 9.59 Å². The number of nitrogens with one attached hydrogen (secondary N) is 1. The van der Waals surface area contributed by atoms with E-state index in [1.54, 1.807) is 24.3 Å². The Labute approximate surface area is 145 Å². The molecular formula is C18H22N2O3S. The van der Waals surface area contributed by atoms with Crippen LogP contribution in [0.3, 0.4) is 0 Å². The van der Waals surface area contributed by atoms with E-state index in [1.165, 1.54) is 17.6 Å². The number of thiophene rings is 1. The number of anilines is 1. The van der Waals surface area contributed by atoms with Gasteiger partial charge in [0.15, 0.2) is 5.76 Å². The van der Waals surface area contributed by atoms with Crippen molar-refractivity contribution in [2.45, 2.75) is 39.2 Å². The van der Waals surface area contributed by atoms with Crippen molar-refractivity contribution in [1.29, 1.82) is 0 Å². The molecule has 0 aliphatic heterocycles. The largest absolute Gasteiger partial charge is 0.459 e. The van der Waals surface area contributed by atoms with E-state index >= 15 is 0 Å². The summed E-state index contributed by atoms with van der Waals surface area (Å²) in [6.45, 7) is 5.14. The highest BCUT2D eigenvalue weighted by Crippen LogP contribution is 2.31. The Kier molecular flexibility index (Phi) is 5.04. The molecule has 6 heteroatoms. The van der Waals surface area contributed by atoms with Crippen LogP contribution in [0.15, 0.2) is 34.9 Å². The van der Waals surface area contributed by atoms with Crippen LogP contribution >= 0.6 is 11.3 Å². The van der Waals surface area contributed by atoms with E-state index in [9.17, 15) is 9.59 Å². The summed E-state index contributed by atoms with van der Waals surface area (Å²) in [4.78, 5) is 27.4. The van der Waals surface area contributed by atoms with Crippen molar-refractivity contribution in [2.75, 3.05) is 11.9 Å². The number of hydrogen-bond donors (Lipinski definition) is 1. The lowest BCUT2D eigenvalue weighted by Crippen LogP contribution is -2.34. The number of hydrogen-bond acceptors (Lipinski definition) is 4. The zero-order valence-electron chi connectivity index (χ0n) is 14.0. The number of amides is 2. The minimum Gasteiger partial charge on any atom is -0.459 e. The van der Waals surface area contributed by atoms with Crippen LogP contribution in [-0.4, -0.2) is 29.3 Å². The average Bonchev–Trinajstić information content (AvgIpc) is 3.04. The minimum absolute atomic E-state index is 0.0710. The molecule has 1 aliphatic rings. The Bertz CT molecular complexity index is 702. The molecule has 24 heavy (non-hydrogen) atoms. The molecule has 0 atom stereocenters. The van der Waals surface area contributed by atoms with Gasteiger partial charge in [-0.25, -0.2) is 0 Å². The molecule has 2 aromatic rings. The fourth-order valence-corrected chi connectivity index (χ4v) is 3.33. The van der Waals surface area contributed by atoms with Gasteiger partial charge in [-0.15, -0.1) is 11.3 Å². The standard InChI is InChI=1S/C18H22N2O3S/c1-12(2)9-10-20(13-5-6-13)18(22)15-7-8-16(24-15)19-17(21)14-4-3-11-23-14/h3-4,7-8,11-13H,5-6,9-10H2,1-2H3,(H,19,21). The molecule has 0 saturated heterocycles. The van der Waals surface area contributed by atoms with Crippen molar-refractivity contribution in [1.82, 2.24) is 4.90 Å². The maximum atomic E-state index is 12.8. The monoisotopic (exact) mass is 346 g/mol. The molecule has 2 heterocycles. The van der Waals surface area contributed by atoms with E-state index in [0.29, 0.717) is 21.8 Å². The van der Waals surface area contributed by atoms with Gasteiger partial charge in [0.1, 0.15) is 0 Å². The first kappa shape index (κ1) is 16.8. The third-order valence-corrected chi connectivity index (χ3v) is 4.98. The van der Waals surface area contributed by atoms with Crippen LogP contribution in [0.2, 0.25) is 0 Å². The Morgan fingerprint density at radius 1 is 1.33 bits per heavy atom. The summed E-state index contributed by atoms with van der Waals surface area (Å²) < 4.78 is 5.07. The Morgan fingerprint density at radius 3 is 2.75 bits per heavy atom. The van der Waals surface area contributed by atoms with Crippen molar-refractivity contribution in [3.05, 3.63) is 41.2 Å². The van der Waals surface area contributed by atoms with E-state index in [-0.39, 0.29) is 17.6 Å². The highest BCUT2D eigenvalue weighted by atomic mass is 32.1. The summed E-state index contributed by atoms with van der Waals surface area (Å²) in [6, 6.07) is 7.22. The predicted octanol–water partition coefficient (Wildman–Crippen LogP) is 4.24. The highest BCUT2D eigenvalue weighted by molar-refractivity contribution is 7.18. The van der Waals surface area contributed by atoms with Crippen molar-refractivity contribution in [2.24, 2.45) is 5.92 Å². The highest BCUT2D eigenvalue weighted by Gasteiger charge is 2.33. The topological polar surface area (TPSA) is 62.6 Å². The Hall–Kier alpha value is -2.08. The molecule has 128 valence electrons. The van der Waals surface area contributed by atoms with Crippen molar-refractivity contribution in [3.8, 4) is 0 Å². The lowest BCUT2D eigenvalue weighted by Gasteiger charge is -2.22. The SMILES string of the molecule is CC(C)CCN(C(=O)c1ccc(NC(=O)c2ccco2)s1)C1CC1. The summed E-state index contributed by atoms with van der Waals surface area (Å²) >= 11 is 1.31. The summed E-state index contributed by atoms with van der Waals surface area (Å²) in [7, 11) is 0. The Balaban J connectivity index is 1.65. The smallest absolute Gasteiger partial charge is 0.291 e. The second-order valence-corrected chi connectivity index (χ2v) is 7.59. The van der Waals surface area contributed by atoms with Gasteiger partial charge >= 0.3 is 0 Å². The number of carbonyl (C=O) groups excluding carboxylic acids is 2. The fourth-order valence-electron chi connectivity index (χ4n) is 2.48. The van der Waals surface area contributed by atoms with E-state index in [0.717, 1.165) is 25.8 Å². The molecule has 3 rings (SSSR count). The van der Waals surface area contributed by atoms with Crippen molar-refractivity contribution >= 4 is 28.2 Å². The zero-order valence-corrected chi connectivity index (χ0v) is 14.8. The van der Waals surface area contributed by atoms with Gasteiger partial charge < -0.3 is 14.6 Å². The molecule has 0 aromatic carbocycles. The summed E-state index contributed by atoms with van der Waals surface area (Å²) in [5.41, 5.74) is 0. The lowest BCUT2D eigenvalue weighted by atomic mass is 10.1. The summed E-state index contributed by atoms with van der Waals surface area (Å²) in [5, 5.41) is 3.42. The first-order valence-corrected chi connectivity index (χ1v) is 9.12. The van der Waals surface area contributed by atoms with Gasteiger partial charge in [0.05, 0.1) is 16.1 Å². The molecule has 0 radical (unpaired) electrons. The lowest BCUT2D eigenvalue weighted by molar-refractivity contribution is 0.0740. The van der Waals surface area contributed by atoms with Crippen LogP contribution in [0.5, 0.6) is 0 Å². The molecule has 0 bridgehead atoms. The summed E-state index contributed by atoms with van der Waals surface area (Å²) in [6.07, 6.45) is 4.66. The molecule has 1 saturated carbocycles. The quantitative estimate of drug-likeness (QED) is 0.815. The molecule has 5 nitrogen and oxygen atoms in total. The van der Waals surface area contributed by atoms with Crippen LogP contribution in [0, 0.1) is 5.92 Å². The maximum absolute atomic E-state index is 12.8. The number of rotatable bonds is 7. The second kappa shape index (κ2) is 7.21. The van der Waals surface area contributed by atoms with E-state index in [1.807, 2.05) is 4.90 Å². The minimum atomic E-state index is -0.306. The van der Waals surface area contributed by atoms with Crippen LogP contribution < -0.4 is 5.32 Å². The molecule has 1 fully saturated rings. The Morgan fingerprint density at radius 2 is 2.12 bits per heavy atom. The van der Waals surface area contributed by atoms with Gasteiger partial charge in [-0.05, 0) is 49.4 Å². The predicted molar refractivity (Wildman–Crippen MR) is 94.5 cm³/mol. The van der Waals surface area contributed by atoms with Gasteiger partial charge in [0.25, 0.3) is 11.8 Å². The molecular weight excluding hydrogens is 324 g/mol.